The van der Waals surface area contributed by atoms with Crippen LogP contribution in [-0.4, -0.2) is 18.3 Å². The molecule has 20 heavy (non-hydrogen) atoms. The Morgan fingerprint density at radius 1 is 1.15 bits per heavy atom. The van der Waals surface area contributed by atoms with Gasteiger partial charge >= 0.3 is 6.18 Å². The number of alkyl halides is 3. The van der Waals surface area contributed by atoms with E-state index in [9.17, 15) is 18.3 Å². The normalized spacial score (nSPS) is 18.9. The standard InChI is InChI=1S/C15H20F3NO/c16-15(17,18)13-5-3-12(4-6-13)8-14(9-19,10-20)7-11-1-2-11/h3-6,11,20H,1-2,7-10,19H2. The molecule has 1 saturated carbocycles. The van der Waals surface area contributed by atoms with E-state index in [1.807, 2.05) is 0 Å². The van der Waals surface area contributed by atoms with Crippen molar-refractivity contribution in [1.82, 2.24) is 0 Å². The monoisotopic (exact) mass is 287 g/mol. The number of hydrogen-bond donors (Lipinski definition) is 2. The third kappa shape index (κ3) is 3.73. The summed E-state index contributed by atoms with van der Waals surface area (Å²) in [5, 5.41) is 9.64. The molecule has 0 aromatic heterocycles. The average Bonchev–Trinajstić information content (AvgIpc) is 3.21. The summed E-state index contributed by atoms with van der Waals surface area (Å²) in [5.74, 6) is 0.611. The highest BCUT2D eigenvalue weighted by Gasteiger charge is 2.36. The van der Waals surface area contributed by atoms with Gasteiger partial charge in [-0.2, -0.15) is 13.2 Å². The second kappa shape index (κ2) is 5.74. The van der Waals surface area contributed by atoms with E-state index in [1.54, 1.807) is 0 Å². The van der Waals surface area contributed by atoms with Crippen LogP contribution in [0.4, 0.5) is 13.2 Å². The SMILES string of the molecule is NCC(CO)(Cc1ccc(C(F)(F)F)cc1)CC1CC1. The number of hydrogen-bond acceptors (Lipinski definition) is 2. The first kappa shape index (κ1) is 15.3. The van der Waals surface area contributed by atoms with Gasteiger partial charge in [0.1, 0.15) is 0 Å². The molecule has 3 N–H and O–H groups in total. The van der Waals surface area contributed by atoms with Crippen LogP contribution in [0.5, 0.6) is 0 Å². The lowest BCUT2D eigenvalue weighted by Crippen LogP contribution is -2.37. The zero-order valence-electron chi connectivity index (χ0n) is 11.3. The molecule has 0 spiro atoms. The first-order valence-corrected chi connectivity index (χ1v) is 6.86. The number of aliphatic hydroxyl groups excluding tert-OH is 1. The summed E-state index contributed by atoms with van der Waals surface area (Å²) in [7, 11) is 0. The van der Waals surface area contributed by atoms with E-state index in [4.69, 9.17) is 5.73 Å². The van der Waals surface area contributed by atoms with Gasteiger partial charge in [0.05, 0.1) is 12.2 Å². The van der Waals surface area contributed by atoms with Crippen LogP contribution in [0.15, 0.2) is 24.3 Å². The second-order valence-corrected chi connectivity index (χ2v) is 5.88. The lowest BCUT2D eigenvalue weighted by atomic mass is 9.78. The molecule has 1 aliphatic rings. The van der Waals surface area contributed by atoms with Crippen molar-refractivity contribution in [3.63, 3.8) is 0 Å². The van der Waals surface area contributed by atoms with Gasteiger partial charge < -0.3 is 10.8 Å². The number of aliphatic hydroxyl groups is 1. The van der Waals surface area contributed by atoms with Crippen LogP contribution in [0.1, 0.15) is 30.4 Å². The molecule has 1 aliphatic carbocycles. The fourth-order valence-corrected chi connectivity index (χ4v) is 2.59. The average molecular weight is 287 g/mol. The number of halogens is 3. The first-order valence-electron chi connectivity index (χ1n) is 6.86. The van der Waals surface area contributed by atoms with Crippen molar-refractivity contribution < 1.29 is 18.3 Å². The van der Waals surface area contributed by atoms with Gasteiger partial charge in [0.2, 0.25) is 0 Å². The Labute approximate surface area is 116 Å². The Bertz CT molecular complexity index is 433. The molecule has 0 saturated heterocycles. The molecule has 0 aliphatic heterocycles. The Hall–Kier alpha value is -1.07. The first-order chi connectivity index (χ1) is 9.38. The van der Waals surface area contributed by atoms with Gasteiger partial charge in [0.15, 0.2) is 0 Å². The fourth-order valence-electron chi connectivity index (χ4n) is 2.59. The maximum atomic E-state index is 12.5. The van der Waals surface area contributed by atoms with Crippen molar-refractivity contribution in [2.75, 3.05) is 13.2 Å². The molecular weight excluding hydrogens is 267 g/mol. The van der Waals surface area contributed by atoms with Crippen LogP contribution in [0, 0.1) is 11.3 Å². The summed E-state index contributed by atoms with van der Waals surface area (Å²) in [6.07, 6.45) is -0.617. The maximum Gasteiger partial charge on any atom is 0.416 e. The predicted octanol–water partition coefficient (Wildman–Crippen LogP) is 2.99. The molecule has 1 atom stereocenters. The Balaban J connectivity index is 2.10. The largest absolute Gasteiger partial charge is 0.416 e. The zero-order valence-corrected chi connectivity index (χ0v) is 11.3. The number of nitrogens with two attached hydrogens (primary N) is 1. The lowest BCUT2D eigenvalue weighted by Gasteiger charge is -2.31. The van der Waals surface area contributed by atoms with Crippen molar-refractivity contribution >= 4 is 0 Å². The molecule has 5 heteroatoms. The van der Waals surface area contributed by atoms with Gasteiger partial charge in [-0.3, -0.25) is 0 Å². The van der Waals surface area contributed by atoms with E-state index in [2.05, 4.69) is 0 Å². The highest BCUT2D eigenvalue weighted by atomic mass is 19.4. The number of benzene rings is 1. The van der Waals surface area contributed by atoms with E-state index in [0.29, 0.717) is 18.9 Å². The van der Waals surface area contributed by atoms with Crippen LogP contribution in [-0.2, 0) is 12.6 Å². The van der Waals surface area contributed by atoms with Gasteiger partial charge in [-0.05, 0) is 36.5 Å². The van der Waals surface area contributed by atoms with Crippen molar-refractivity contribution in [3.8, 4) is 0 Å². The smallest absolute Gasteiger partial charge is 0.396 e. The maximum absolute atomic E-state index is 12.5. The van der Waals surface area contributed by atoms with E-state index in [-0.39, 0.29) is 6.61 Å². The highest BCUT2D eigenvalue weighted by molar-refractivity contribution is 5.25. The molecular formula is C15H20F3NO. The molecule has 112 valence electrons. The van der Waals surface area contributed by atoms with Crippen molar-refractivity contribution in [1.29, 1.82) is 0 Å². The third-order valence-electron chi connectivity index (χ3n) is 4.05. The summed E-state index contributed by atoms with van der Waals surface area (Å²) < 4.78 is 37.5. The molecule has 0 heterocycles. The van der Waals surface area contributed by atoms with E-state index >= 15 is 0 Å². The minimum absolute atomic E-state index is 0.0268. The van der Waals surface area contributed by atoms with E-state index in [0.717, 1.165) is 37.0 Å². The van der Waals surface area contributed by atoms with Crippen LogP contribution >= 0.6 is 0 Å². The minimum atomic E-state index is -4.31. The summed E-state index contributed by atoms with van der Waals surface area (Å²) in [6, 6.07) is 5.14. The molecule has 2 nitrogen and oxygen atoms in total. The van der Waals surface area contributed by atoms with Crippen molar-refractivity contribution in [2.45, 2.75) is 31.9 Å². The van der Waals surface area contributed by atoms with Crippen molar-refractivity contribution in [3.05, 3.63) is 35.4 Å². The van der Waals surface area contributed by atoms with Crippen LogP contribution in [0.25, 0.3) is 0 Å². The lowest BCUT2D eigenvalue weighted by molar-refractivity contribution is -0.137. The van der Waals surface area contributed by atoms with Crippen LogP contribution < -0.4 is 5.73 Å². The van der Waals surface area contributed by atoms with Crippen LogP contribution in [0.2, 0.25) is 0 Å². The Kier molecular flexibility index (Phi) is 4.39. The number of rotatable bonds is 6. The molecule has 0 radical (unpaired) electrons. The molecule has 1 aromatic carbocycles. The molecule has 1 fully saturated rings. The molecule has 1 aromatic rings. The van der Waals surface area contributed by atoms with Gasteiger partial charge in [-0.1, -0.05) is 25.0 Å². The van der Waals surface area contributed by atoms with E-state index in [1.165, 1.54) is 12.1 Å². The summed E-state index contributed by atoms with van der Waals surface area (Å²) in [5.41, 5.74) is 5.54. The second-order valence-electron chi connectivity index (χ2n) is 5.88. The van der Waals surface area contributed by atoms with Gasteiger partial charge in [0.25, 0.3) is 0 Å². The topological polar surface area (TPSA) is 46.2 Å². The Morgan fingerprint density at radius 2 is 1.75 bits per heavy atom. The molecule has 2 rings (SSSR count). The zero-order chi connectivity index (χ0) is 14.8. The fraction of sp³-hybridized carbons (Fsp3) is 0.600. The Morgan fingerprint density at radius 3 is 2.15 bits per heavy atom. The minimum Gasteiger partial charge on any atom is -0.396 e. The summed E-state index contributed by atoms with van der Waals surface area (Å²) in [4.78, 5) is 0. The van der Waals surface area contributed by atoms with Gasteiger partial charge in [0, 0.05) is 12.0 Å². The third-order valence-corrected chi connectivity index (χ3v) is 4.05. The molecule has 0 amide bonds. The summed E-state index contributed by atoms with van der Waals surface area (Å²) in [6.45, 7) is 0.321. The molecule has 0 bridgehead atoms. The van der Waals surface area contributed by atoms with Gasteiger partial charge in [-0.15, -0.1) is 0 Å². The molecule has 1 unspecified atom stereocenters. The van der Waals surface area contributed by atoms with E-state index < -0.39 is 17.2 Å². The van der Waals surface area contributed by atoms with Crippen LogP contribution in [0.3, 0.4) is 0 Å². The van der Waals surface area contributed by atoms with Crippen molar-refractivity contribution in [2.24, 2.45) is 17.1 Å². The quantitative estimate of drug-likeness (QED) is 0.845. The summed E-state index contributed by atoms with van der Waals surface area (Å²) >= 11 is 0. The van der Waals surface area contributed by atoms with Gasteiger partial charge in [-0.25, -0.2) is 0 Å². The highest BCUT2D eigenvalue weighted by Crippen LogP contribution is 2.41. The predicted molar refractivity (Wildman–Crippen MR) is 71.1 cm³/mol.